The van der Waals surface area contributed by atoms with Crippen LogP contribution in [0.15, 0.2) is 315 Å². The lowest BCUT2D eigenvalue weighted by atomic mass is 9.84. The summed E-state index contributed by atoms with van der Waals surface area (Å²) in [4.78, 5) is 2.42. The van der Waals surface area contributed by atoms with Gasteiger partial charge in [-0.05, 0) is 197 Å². The molecule has 0 radical (unpaired) electrons. The van der Waals surface area contributed by atoms with E-state index in [-0.39, 0.29) is 0 Å². The Morgan fingerprint density at radius 2 is 0.607 bits per heavy atom. The fourth-order valence-corrected chi connectivity index (χ4v) is 13.1. The summed E-state index contributed by atoms with van der Waals surface area (Å²) in [6.45, 7) is 4.55. The minimum atomic E-state index is 1.08. The SMILES string of the molecule is Cc1cc(N(c2ccccc2)c2ccc(-n3c4ccc(-c5ccccc5-c5ccccc5)cc4c4cc(-c5ccccc5-c5ccccc5)ccc43)cc2)c(C)cc1-c1c2ccccc2c(-c2ccc(-c3ccccc3)cc2)c2ccccc12. The quantitative estimate of drug-likeness (QED) is 0.117. The van der Waals surface area contributed by atoms with Crippen LogP contribution < -0.4 is 4.90 Å². The van der Waals surface area contributed by atoms with E-state index in [2.05, 4.69) is 339 Å². The third kappa shape index (κ3) is 8.84. The average molecular weight is 1070 g/mol. The second-order valence-corrected chi connectivity index (χ2v) is 22.0. The molecule has 2 nitrogen and oxygen atoms in total. The molecule has 0 aliphatic rings. The molecule has 1 heterocycles. The van der Waals surface area contributed by atoms with Crippen molar-refractivity contribution in [2.45, 2.75) is 13.8 Å². The fourth-order valence-electron chi connectivity index (χ4n) is 13.1. The largest absolute Gasteiger partial charge is 0.310 e. The fraction of sp³-hybridized carbons (Fsp3) is 0.0244. The van der Waals surface area contributed by atoms with Gasteiger partial charge >= 0.3 is 0 Å². The highest BCUT2D eigenvalue weighted by Gasteiger charge is 2.23. The van der Waals surface area contributed by atoms with Gasteiger partial charge in [-0.15, -0.1) is 0 Å². The highest BCUT2D eigenvalue weighted by atomic mass is 15.1. The number of hydrogen-bond donors (Lipinski definition) is 0. The first-order chi connectivity index (χ1) is 41.5. The minimum absolute atomic E-state index is 1.08. The zero-order chi connectivity index (χ0) is 56.1. The molecule has 0 N–H and O–H groups in total. The first-order valence-corrected chi connectivity index (χ1v) is 29.1. The Bertz CT molecular complexity index is 4730. The normalized spacial score (nSPS) is 11.5. The van der Waals surface area contributed by atoms with Crippen LogP contribution in [0.4, 0.5) is 17.1 Å². The molecule has 15 aromatic rings. The van der Waals surface area contributed by atoms with E-state index in [0.29, 0.717) is 0 Å². The van der Waals surface area contributed by atoms with E-state index in [1.165, 1.54) is 121 Å². The first-order valence-electron chi connectivity index (χ1n) is 29.1. The van der Waals surface area contributed by atoms with Crippen molar-refractivity contribution in [1.29, 1.82) is 0 Å². The zero-order valence-corrected chi connectivity index (χ0v) is 46.9. The number of anilines is 3. The molecule has 0 aliphatic carbocycles. The molecular weight excluding hydrogens is 1010 g/mol. The van der Waals surface area contributed by atoms with Crippen molar-refractivity contribution < 1.29 is 0 Å². The van der Waals surface area contributed by atoms with Gasteiger partial charge in [0.25, 0.3) is 0 Å². The summed E-state index contributed by atoms with van der Waals surface area (Å²) in [7, 11) is 0. The molecule has 0 atom stereocenters. The molecule has 2 heteroatoms. The van der Waals surface area contributed by atoms with Crippen molar-refractivity contribution in [2.75, 3.05) is 4.90 Å². The van der Waals surface area contributed by atoms with Crippen molar-refractivity contribution in [2.24, 2.45) is 0 Å². The number of aryl methyl sites for hydroxylation is 2. The van der Waals surface area contributed by atoms with Crippen molar-refractivity contribution in [3.8, 4) is 83.6 Å². The lowest BCUT2D eigenvalue weighted by Gasteiger charge is -2.29. The molecule has 1 aromatic heterocycles. The van der Waals surface area contributed by atoms with Gasteiger partial charge in [-0.25, -0.2) is 0 Å². The highest BCUT2D eigenvalue weighted by Crippen LogP contribution is 2.48. The standard InChI is InChI=1S/C82H58N2/c1-55-52-80(56(2)51-75(55)82-73-37-21-19-35-71(73)81(72-36-20-22-38-74(72)82)61-41-39-58(40-42-61)57-23-7-3-8-24-57)83(64-29-13-6-14-30-64)65-45-47-66(48-46-65)84-78-49-43-62(69-33-17-15-31-67(69)59-25-9-4-10-26-59)53-76(78)77-54-63(44-50-79(77)84)70-34-18-16-32-68(70)60-27-11-5-12-28-60/h3-54H,1-2H3. The summed E-state index contributed by atoms with van der Waals surface area (Å²) in [6, 6.07) is 116. The maximum absolute atomic E-state index is 2.45. The monoisotopic (exact) mass is 1070 g/mol. The van der Waals surface area contributed by atoms with Crippen LogP contribution in [0.5, 0.6) is 0 Å². The predicted molar refractivity (Wildman–Crippen MR) is 358 cm³/mol. The van der Waals surface area contributed by atoms with Gasteiger partial charge in [-0.2, -0.15) is 0 Å². The van der Waals surface area contributed by atoms with Crippen LogP contribution in [0.25, 0.3) is 127 Å². The van der Waals surface area contributed by atoms with Crippen LogP contribution in [0.3, 0.4) is 0 Å². The third-order valence-electron chi connectivity index (χ3n) is 17.1. The van der Waals surface area contributed by atoms with Crippen molar-refractivity contribution in [1.82, 2.24) is 4.57 Å². The van der Waals surface area contributed by atoms with Gasteiger partial charge in [0.1, 0.15) is 0 Å². The molecule has 0 bridgehead atoms. The van der Waals surface area contributed by atoms with E-state index in [9.17, 15) is 0 Å². The van der Waals surface area contributed by atoms with Gasteiger partial charge in [-0.3, -0.25) is 0 Å². The number of aromatic nitrogens is 1. The molecule has 0 spiro atoms. The topological polar surface area (TPSA) is 8.17 Å². The van der Waals surface area contributed by atoms with Crippen LogP contribution >= 0.6 is 0 Å². The van der Waals surface area contributed by atoms with Crippen LogP contribution in [0.2, 0.25) is 0 Å². The lowest BCUT2D eigenvalue weighted by molar-refractivity contribution is 1.17. The maximum Gasteiger partial charge on any atom is 0.0541 e. The van der Waals surface area contributed by atoms with E-state index in [1.807, 2.05) is 0 Å². The molecule has 0 fully saturated rings. The summed E-state index contributed by atoms with van der Waals surface area (Å²) >= 11 is 0. The number of nitrogens with zero attached hydrogens (tertiary/aromatic N) is 2. The predicted octanol–water partition coefficient (Wildman–Crippen LogP) is 22.8. The number of para-hydroxylation sites is 1. The average Bonchev–Trinajstić information content (AvgIpc) is 1.65. The Balaban J connectivity index is 0.851. The zero-order valence-electron chi connectivity index (χ0n) is 46.9. The molecule has 0 unspecified atom stereocenters. The first kappa shape index (κ1) is 50.2. The Hall–Kier alpha value is -10.8. The number of rotatable bonds is 11. The summed E-state index contributed by atoms with van der Waals surface area (Å²) < 4.78 is 2.45. The number of hydrogen-bond acceptors (Lipinski definition) is 1. The molecule has 0 saturated heterocycles. The smallest absolute Gasteiger partial charge is 0.0541 e. The molecule has 396 valence electrons. The van der Waals surface area contributed by atoms with Crippen molar-refractivity contribution >= 4 is 60.4 Å². The highest BCUT2D eigenvalue weighted by molar-refractivity contribution is 6.22. The van der Waals surface area contributed by atoms with Crippen molar-refractivity contribution in [3.63, 3.8) is 0 Å². The van der Waals surface area contributed by atoms with Gasteiger partial charge in [-0.1, -0.05) is 243 Å². The number of fused-ring (bicyclic) bond motifs is 5. The van der Waals surface area contributed by atoms with E-state index >= 15 is 0 Å². The summed E-state index contributed by atoms with van der Waals surface area (Å²) in [5.74, 6) is 0. The number of benzene rings is 14. The van der Waals surface area contributed by atoms with Crippen LogP contribution in [-0.4, -0.2) is 4.57 Å². The Labute approximate surface area is 491 Å². The maximum atomic E-state index is 2.45. The second kappa shape index (κ2) is 21.3. The molecule has 0 amide bonds. The van der Waals surface area contributed by atoms with Crippen LogP contribution in [-0.2, 0) is 0 Å². The minimum Gasteiger partial charge on any atom is -0.310 e. The van der Waals surface area contributed by atoms with Crippen LogP contribution in [0.1, 0.15) is 11.1 Å². The second-order valence-electron chi connectivity index (χ2n) is 22.0. The van der Waals surface area contributed by atoms with E-state index < -0.39 is 0 Å². The summed E-state index contributed by atoms with van der Waals surface area (Å²) in [6.07, 6.45) is 0. The van der Waals surface area contributed by atoms with Gasteiger partial charge in [0, 0.05) is 33.5 Å². The molecule has 0 saturated carbocycles. The molecule has 15 rings (SSSR count). The summed E-state index contributed by atoms with van der Waals surface area (Å²) in [5.41, 5.74) is 26.2. The summed E-state index contributed by atoms with van der Waals surface area (Å²) in [5, 5.41) is 7.40. The Kier molecular flexibility index (Phi) is 12.7. The Morgan fingerprint density at radius 3 is 1.10 bits per heavy atom. The van der Waals surface area contributed by atoms with Gasteiger partial charge in [0.15, 0.2) is 0 Å². The van der Waals surface area contributed by atoms with E-state index in [1.54, 1.807) is 0 Å². The van der Waals surface area contributed by atoms with E-state index in [4.69, 9.17) is 0 Å². The lowest BCUT2D eigenvalue weighted by Crippen LogP contribution is -2.12. The van der Waals surface area contributed by atoms with Crippen LogP contribution in [0, 0.1) is 13.8 Å². The van der Waals surface area contributed by atoms with E-state index in [0.717, 1.165) is 33.8 Å². The van der Waals surface area contributed by atoms with Crippen molar-refractivity contribution in [3.05, 3.63) is 327 Å². The molecule has 0 aliphatic heterocycles. The molecule has 84 heavy (non-hydrogen) atoms. The third-order valence-corrected chi connectivity index (χ3v) is 17.1. The van der Waals surface area contributed by atoms with Gasteiger partial charge in [0.05, 0.1) is 11.0 Å². The van der Waals surface area contributed by atoms with Gasteiger partial charge < -0.3 is 9.47 Å². The molecule has 14 aromatic carbocycles. The molecular formula is C82H58N2. The van der Waals surface area contributed by atoms with Gasteiger partial charge in [0.2, 0.25) is 0 Å². The Morgan fingerprint density at radius 1 is 0.238 bits per heavy atom.